The van der Waals surface area contributed by atoms with Crippen molar-refractivity contribution in [1.82, 2.24) is 9.97 Å². The van der Waals surface area contributed by atoms with E-state index in [1.165, 1.54) is 18.5 Å². The van der Waals surface area contributed by atoms with Crippen LogP contribution in [0.15, 0.2) is 48.8 Å². The average molecular weight is 340 g/mol. The Morgan fingerprint density at radius 3 is 2.44 bits per heavy atom. The van der Waals surface area contributed by atoms with Crippen molar-refractivity contribution in [2.24, 2.45) is 0 Å². The molecule has 1 amide bonds. The first-order valence-electron chi connectivity index (χ1n) is 7.39. The highest BCUT2D eigenvalue weighted by Crippen LogP contribution is 2.24. The number of carbonyl (C=O) groups is 1. The molecule has 0 aliphatic carbocycles. The molecule has 1 aromatic heterocycles. The van der Waals surface area contributed by atoms with Crippen LogP contribution in [0.3, 0.4) is 0 Å². The van der Waals surface area contributed by atoms with E-state index in [1.54, 1.807) is 12.1 Å². The van der Waals surface area contributed by atoms with E-state index in [4.69, 9.17) is 5.73 Å². The number of nitrogens with zero attached hydrogens (tertiary/aromatic N) is 2. The number of benzene rings is 2. The molecular weight excluding hydrogens is 326 g/mol. The third-order valence-electron chi connectivity index (χ3n) is 3.62. The second-order valence-electron chi connectivity index (χ2n) is 5.41. The minimum Gasteiger partial charge on any atom is -0.399 e. The van der Waals surface area contributed by atoms with Crippen molar-refractivity contribution in [2.45, 2.75) is 6.92 Å². The van der Waals surface area contributed by atoms with Gasteiger partial charge in [0.05, 0.1) is 18.1 Å². The summed E-state index contributed by atoms with van der Waals surface area (Å²) in [4.78, 5) is 20.3. The molecule has 0 unspecified atom stereocenters. The zero-order chi connectivity index (χ0) is 18.0. The lowest BCUT2D eigenvalue weighted by Gasteiger charge is -2.08. The van der Waals surface area contributed by atoms with Crippen LogP contribution in [0.1, 0.15) is 15.9 Å². The molecule has 3 N–H and O–H groups in total. The minimum absolute atomic E-state index is 0.0814. The Hall–Kier alpha value is -3.35. The fourth-order valence-corrected chi connectivity index (χ4v) is 2.34. The van der Waals surface area contributed by atoms with Crippen molar-refractivity contribution in [3.05, 3.63) is 71.6 Å². The summed E-state index contributed by atoms with van der Waals surface area (Å²) in [6.45, 7) is 1.91. The molecule has 3 rings (SSSR count). The fourth-order valence-electron chi connectivity index (χ4n) is 2.34. The van der Waals surface area contributed by atoms with Crippen molar-refractivity contribution in [3.8, 4) is 11.3 Å². The van der Waals surface area contributed by atoms with E-state index >= 15 is 0 Å². The normalized spacial score (nSPS) is 10.5. The zero-order valence-corrected chi connectivity index (χ0v) is 13.3. The first-order valence-corrected chi connectivity index (χ1v) is 7.39. The monoisotopic (exact) mass is 340 g/mol. The summed E-state index contributed by atoms with van der Waals surface area (Å²) in [5, 5.41) is 2.33. The Morgan fingerprint density at radius 1 is 1.08 bits per heavy atom. The van der Waals surface area contributed by atoms with Crippen LogP contribution in [-0.2, 0) is 0 Å². The van der Waals surface area contributed by atoms with Gasteiger partial charge in [0, 0.05) is 11.3 Å². The van der Waals surface area contributed by atoms with Crippen LogP contribution in [0.4, 0.5) is 20.3 Å². The molecule has 126 valence electrons. The highest BCUT2D eigenvalue weighted by Gasteiger charge is 2.17. The van der Waals surface area contributed by atoms with Crippen molar-refractivity contribution < 1.29 is 13.6 Å². The van der Waals surface area contributed by atoms with E-state index in [9.17, 15) is 13.6 Å². The Kier molecular flexibility index (Phi) is 4.38. The van der Waals surface area contributed by atoms with Crippen LogP contribution in [0.5, 0.6) is 0 Å². The molecular formula is C18H14F2N4O. The van der Waals surface area contributed by atoms with E-state index in [1.807, 2.05) is 13.0 Å². The molecule has 0 bridgehead atoms. The van der Waals surface area contributed by atoms with Gasteiger partial charge in [-0.2, -0.15) is 0 Å². The van der Waals surface area contributed by atoms with Gasteiger partial charge in [0.25, 0.3) is 5.91 Å². The van der Waals surface area contributed by atoms with Gasteiger partial charge in [-0.25, -0.2) is 13.8 Å². The zero-order valence-electron chi connectivity index (χ0n) is 13.3. The van der Waals surface area contributed by atoms with Crippen LogP contribution < -0.4 is 11.1 Å². The number of aromatic nitrogens is 2. The van der Waals surface area contributed by atoms with Crippen molar-refractivity contribution >= 4 is 17.4 Å². The lowest BCUT2D eigenvalue weighted by atomic mass is 10.1. The molecule has 5 nitrogen and oxygen atoms in total. The predicted octanol–water partition coefficient (Wildman–Crippen LogP) is 3.56. The molecule has 25 heavy (non-hydrogen) atoms. The number of nitrogen functional groups attached to an aromatic ring is 1. The molecule has 0 radical (unpaired) electrons. The second-order valence-corrected chi connectivity index (χ2v) is 5.41. The Balaban J connectivity index is 1.84. The second kappa shape index (κ2) is 6.64. The molecule has 0 fully saturated rings. The first-order chi connectivity index (χ1) is 12.0. The number of carbonyl (C=O) groups excluding carboxylic acids is 1. The van der Waals surface area contributed by atoms with Gasteiger partial charge in [0.15, 0.2) is 5.82 Å². The lowest BCUT2D eigenvalue weighted by Crippen LogP contribution is -2.16. The maximum absolute atomic E-state index is 13.6. The highest BCUT2D eigenvalue weighted by atomic mass is 19.1. The predicted molar refractivity (Wildman–Crippen MR) is 90.9 cm³/mol. The number of halogens is 2. The molecule has 0 spiro atoms. The summed E-state index contributed by atoms with van der Waals surface area (Å²) in [6.07, 6.45) is 2.77. The van der Waals surface area contributed by atoms with E-state index in [2.05, 4.69) is 15.3 Å². The SMILES string of the molecule is Cc1ccc(N)cc1-c1cnc(NC(=O)c2c(F)cccc2F)cn1. The fraction of sp³-hybridized carbons (Fsp3) is 0.0556. The molecule has 0 saturated carbocycles. The van der Waals surface area contributed by atoms with E-state index in [-0.39, 0.29) is 5.82 Å². The number of hydrogen-bond donors (Lipinski definition) is 2. The van der Waals surface area contributed by atoms with Crippen molar-refractivity contribution in [3.63, 3.8) is 0 Å². The highest BCUT2D eigenvalue weighted by molar-refractivity contribution is 6.04. The molecule has 1 heterocycles. The summed E-state index contributed by atoms with van der Waals surface area (Å²) in [6, 6.07) is 8.62. The quantitative estimate of drug-likeness (QED) is 0.714. The van der Waals surface area contributed by atoms with Gasteiger partial charge in [-0.05, 0) is 36.8 Å². The smallest absolute Gasteiger partial charge is 0.262 e. The number of rotatable bonds is 3. The maximum Gasteiger partial charge on any atom is 0.262 e. The largest absolute Gasteiger partial charge is 0.399 e. The number of nitrogens with two attached hydrogens (primary N) is 1. The van der Waals surface area contributed by atoms with E-state index in [0.717, 1.165) is 23.3 Å². The summed E-state index contributed by atoms with van der Waals surface area (Å²) < 4.78 is 27.2. The van der Waals surface area contributed by atoms with Crippen LogP contribution in [0.2, 0.25) is 0 Å². The van der Waals surface area contributed by atoms with Crippen LogP contribution in [-0.4, -0.2) is 15.9 Å². The van der Waals surface area contributed by atoms with E-state index < -0.39 is 23.1 Å². The minimum atomic E-state index is -0.947. The Labute approximate surface area is 142 Å². The van der Waals surface area contributed by atoms with Crippen molar-refractivity contribution in [1.29, 1.82) is 0 Å². The number of hydrogen-bond acceptors (Lipinski definition) is 4. The standard InChI is InChI=1S/C18H14F2N4O/c1-10-5-6-11(21)7-12(10)15-8-23-16(9-22-15)24-18(25)17-13(19)3-2-4-14(17)20/h2-9H,21H2,1H3,(H,23,24,25). The van der Waals surface area contributed by atoms with Crippen LogP contribution in [0.25, 0.3) is 11.3 Å². The average Bonchev–Trinajstić information content (AvgIpc) is 2.58. The molecule has 0 aliphatic heterocycles. The lowest BCUT2D eigenvalue weighted by molar-refractivity contribution is 0.101. The third kappa shape index (κ3) is 3.45. The van der Waals surface area contributed by atoms with Gasteiger partial charge in [-0.3, -0.25) is 9.78 Å². The first kappa shape index (κ1) is 16.5. The van der Waals surface area contributed by atoms with Gasteiger partial charge >= 0.3 is 0 Å². The summed E-state index contributed by atoms with van der Waals surface area (Å²) >= 11 is 0. The summed E-state index contributed by atoms with van der Waals surface area (Å²) in [5.74, 6) is -2.74. The van der Waals surface area contributed by atoms with Crippen molar-refractivity contribution in [2.75, 3.05) is 11.1 Å². The maximum atomic E-state index is 13.6. The number of nitrogens with one attached hydrogen (secondary N) is 1. The topological polar surface area (TPSA) is 80.9 Å². The van der Waals surface area contributed by atoms with Crippen LogP contribution >= 0.6 is 0 Å². The summed E-state index contributed by atoms with van der Waals surface area (Å²) in [5.41, 5.74) is 8.05. The molecule has 0 aliphatic rings. The number of anilines is 2. The van der Waals surface area contributed by atoms with Gasteiger partial charge in [0.2, 0.25) is 0 Å². The Bertz CT molecular complexity index is 922. The molecule has 0 saturated heterocycles. The van der Waals surface area contributed by atoms with Gasteiger partial charge < -0.3 is 11.1 Å². The Morgan fingerprint density at radius 2 is 1.80 bits per heavy atom. The third-order valence-corrected chi connectivity index (χ3v) is 3.62. The van der Waals surface area contributed by atoms with Crippen LogP contribution in [0, 0.1) is 18.6 Å². The van der Waals surface area contributed by atoms with Gasteiger partial charge in [-0.15, -0.1) is 0 Å². The number of aryl methyl sites for hydroxylation is 1. The molecule has 3 aromatic rings. The molecule has 7 heteroatoms. The van der Waals surface area contributed by atoms with Gasteiger partial charge in [-0.1, -0.05) is 12.1 Å². The van der Waals surface area contributed by atoms with Gasteiger partial charge in [0.1, 0.15) is 17.2 Å². The number of amides is 1. The molecule has 2 aromatic carbocycles. The summed E-state index contributed by atoms with van der Waals surface area (Å²) in [7, 11) is 0. The molecule has 0 atom stereocenters. The van der Waals surface area contributed by atoms with E-state index in [0.29, 0.717) is 11.4 Å².